The number of aromatic amines is 1. The Morgan fingerprint density at radius 2 is 2.33 bits per heavy atom. The Balaban J connectivity index is 2.41. The van der Waals surface area contributed by atoms with E-state index >= 15 is 0 Å². The lowest BCUT2D eigenvalue weighted by atomic mass is 10.3. The highest BCUT2D eigenvalue weighted by molar-refractivity contribution is 7.85. The van der Waals surface area contributed by atoms with Crippen molar-refractivity contribution >= 4 is 27.8 Å². The zero-order chi connectivity index (χ0) is 10.8. The first-order chi connectivity index (χ1) is 7.20. The molecule has 80 valence electrons. The lowest BCUT2D eigenvalue weighted by molar-refractivity contribution is 0.682. The fourth-order valence-corrected chi connectivity index (χ4v) is 2.53. The number of anilines is 1. The van der Waals surface area contributed by atoms with Crippen molar-refractivity contribution < 1.29 is 4.21 Å². The average molecular weight is 223 g/mol. The molecule has 2 aromatic rings. The highest BCUT2D eigenvalue weighted by Gasteiger charge is 2.05. The number of imidazole rings is 1. The summed E-state index contributed by atoms with van der Waals surface area (Å²) < 4.78 is 11.7. The number of rotatable bonds is 3. The zero-order valence-electron chi connectivity index (χ0n) is 8.49. The Morgan fingerprint density at radius 3 is 3.07 bits per heavy atom. The van der Waals surface area contributed by atoms with Crippen molar-refractivity contribution in [1.82, 2.24) is 9.97 Å². The number of nitrogens with zero attached hydrogens (tertiary/aromatic N) is 1. The molecular formula is C10H13N3OS. The summed E-state index contributed by atoms with van der Waals surface area (Å²) in [6.45, 7) is 2.02. The number of nitrogens with one attached hydrogen (secondary N) is 1. The van der Waals surface area contributed by atoms with Gasteiger partial charge < -0.3 is 10.7 Å². The number of hydrogen-bond acceptors (Lipinski definition) is 3. The van der Waals surface area contributed by atoms with Crippen molar-refractivity contribution in [2.75, 3.05) is 11.5 Å². The van der Waals surface area contributed by atoms with Crippen molar-refractivity contribution in [3.05, 3.63) is 18.2 Å². The Labute approximate surface area is 90.4 Å². The van der Waals surface area contributed by atoms with E-state index in [-0.39, 0.29) is 0 Å². The molecule has 0 bridgehead atoms. The number of aromatic nitrogens is 2. The number of H-pyrrole nitrogens is 1. The van der Waals surface area contributed by atoms with Gasteiger partial charge >= 0.3 is 0 Å². The third kappa shape index (κ3) is 2.02. The van der Waals surface area contributed by atoms with E-state index in [0.717, 1.165) is 22.3 Å². The minimum absolute atomic E-state index is 0.392. The predicted molar refractivity (Wildman–Crippen MR) is 62.1 cm³/mol. The Hall–Kier alpha value is -1.36. The molecule has 0 spiro atoms. The van der Waals surface area contributed by atoms with Gasteiger partial charge in [-0.05, 0) is 24.6 Å². The van der Waals surface area contributed by atoms with Gasteiger partial charge in [-0.15, -0.1) is 0 Å². The molecule has 0 saturated heterocycles. The van der Waals surface area contributed by atoms with Crippen LogP contribution in [-0.4, -0.2) is 19.9 Å². The molecule has 0 amide bonds. The molecule has 0 aliphatic rings. The highest BCUT2D eigenvalue weighted by Crippen LogP contribution is 2.17. The minimum atomic E-state index is -0.919. The van der Waals surface area contributed by atoms with Gasteiger partial charge in [-0.2, -0.15) is 0 Å². The second-order valence-corrected chi connectivity index (χ2v) is 4.92. The molecule has 0 fully saturated rings. The maximum Gasteiger partial charge on any atom is 0.198 e. The molecule has 1 heterocycles. The van der Waals surface area contributed by atoms with Crippen LogP contribution in [0.25, 0.3) is 11.0 Å². The first-order valence-corrected chi connectivity index (χ1v) is 6.16. The predicted octanol–water partition coefficient (Wildman–Crippen LogP) is 1.66. The highest BCUT2D eigenvalue weighted by atomic mass is 32.2. The van der Waals surface area contributed by atoms with Crippen LogP contribution in [-0.2, 0) is 10.8 Å². The first-order valence-electron chi connectivity index (χ1n) is 4.84. The van der Waals surface area contributed by atoms with Crippen LogP contribution >= 0.6 is 0 Å². The van der Waals surface area contributed by atoms with Gasteiger partial charge in [-0.25, -0.2) is 4.98 Å². The van der Waals surface area contributed by atoms with Gasteiger partial charge in [0.2, 0.25) is 0 Å². The molecule has 3 N–H and O–H groups in total. The molecule has 0 aliphatic heterocycles. The maximum atomic E-state index is 11.7. The van der Waals surface area contributed by atoms with Crippen LogP contribution in [0.5, 0.6) is 0 Å². The topological polar surface area (TPSA) is 71.8 Å². The van der Waals surface area contributed by atoms with Crippen molar-refractivity contribution in [3.8, 4) is 0 Å². The van der Waals surface area contributed by atoms with Gasteiger partial charge in [-0.3, -0.25) is 4.21 Å². The standard InChI is InChI=1S/C10H13N3OS/c1-2-5-15(14)7-3-4-8-9(6-7)13-10(11)12-8/h3-4,6H,2,5H2,1H3,(H3,11,12,13). The monoisotopic (exact) mass is 223 g/mol. The Morgan fingerprint density at radius 1 is 1.53 bits per heavy atom. The van der Waals surface area contributed by atoms with Crippen molar-refractivity contribution in [3.63, 3.8) is 0 Å². The Bertz CT molecular complexity index is 506. The summed E-state index contributed by atoms with van der Waals surface area (Å²) in [7, 11) is -0.919. The van der Waals surface area contributed by atoms with Gasteiger partial charge in [0.25, 0.3) is 0 Å². The largest absolute Gasteiger partial charge is 0.369 e. The second kappa shape index (κ2) is 4.02. The maximum absolute atomic E-state index is 11.7. The average Bonchev–Trinajstić information content (AvgIpc) is 2.57. The summed E-state index contributed by atoms with van der Waals surface area (Å²) in [6, 6.07) is 5.53. The van der Waals surface area contributed by atoms with Crippen LogP contribution in [0.4, 0.5) is 5.95 Å². The van der Waals surface area contributed by atoms with Crippen molar-refractivity contribution in [1.29, 1.82) is 0 Å². The summed E-state index contributed by atoms with van der Waals surface area (Å²) in [5.74, 6) is 1.08. The molecule has 5 heteroatoms. The summed E-state index contributed by atoms with van der Waals surface area (Å²) >= 11 is 0. The fourth-order valence-electron chi connectivity index (χ4n) is 1.45. The molecular weight excluding hydrogens is 210 g/mol. The third-order valence-corrected chi connectivity index (χ3v) is 3.68. The summed E-state index contributed by atoms with van der Waals surface area (Å²) in [6.07, 6.45) is 0.912. The number of nitrogen functional groups attached to an aromatic ring is 1. The quantitative estimate of drug-likeness (QED) is 0.831. The first kappa shape index (κ1) is 10.2. The number of fused-ring (bicyclic) bond motifs is 1. The smallest absolute Gasteiger partial charge is 0.198 e. The Kier molecular flexibility index (Phi) is 2.73. The molecule has 1 aromatic heterocycles. The number of hydrogen-bond donors (Lipinski definition) is 2. The van der Waals surface area contributed by atoms with E-state index in [1.54, 1.807) is 0 Å². The lowest BCUT2D eigenvalue weighted by Gasteiger charge is -1.99. The molecule has 1 aromatic carbocycles. The molecule has 0 radical (unpaired) electrons. The van der Waals surface area contributed by atoms with Gasteiger partial charge in [0.15, 0.2) is 5.95 Å². The van der Waals surface area contributed by atoms with Crippen LogP contribution < -0.4 is 5.73 Å². The molecule has 4 nitrogen and oxygen atoms in total. The van der Waals surface area contributed by atoms with E-state index in [4.69, 9.17) is 5.73 Å². The van der Waals surface area contributed by atoms with Crippen LogP contribution in [0.3, 0.4) is 0 Å². The van der Waals surface area contributed by atoms with E-state index < -0.39 is 10.8 Å². The second-order valence-electron chi connectivity index (χ2n) is 3.35. The van der Waals surface area contributed by atoms with E-state index in [1.807, 2.05) is 25.1 Å². The number of benzene rings is 1. The molecule has 15 heavy (non-hydrogen) atoms. The van der Waals surface area contributed by atoms with E-state index in [9.17, 15) is 4.21 Å². The minimum Gasteiger partial charge on any atom is -0.369 e. The van der Waals surface area contributed by atoms with Crippen molar-refractivity contribution in [2.45, 2.75) is 18.2 Å². The van der Waals surface area contributed by atoms with Crippen LogP contribution in [0, 0.1) is 0 Å². The van der Waals surface area contributed by atoms with Crippen LogP contribution in [0.1, 0.15) is 13.3 Å². The van der Waals surface area contributed by atoms with Gasteiger partial charge in [0, 0.05) is 10.6 Å². The summed E-state index contributed by atoms with van der Waals surface area (Å²) in [5.41, 5.74) is 7.18. The van der Waals surface area contributed by atoms with Crippen LogP contribution in [0.2, 0.25) is 0 Å². The summed E-state index contributed by atoms with van der Waals surface area (Å²) in [5, 5.41) is 0. The molecule has 1 unspecified atom stereocenters. The summed E-state index contributed by atoms with van der Waals surface area (Å²) in [4.78, 5) is 7.84. The van der Waals surface area contributed by atoms with E-state index in [1.165, 1.54) is 0 Å². The van der Waals surface area contributed by atoms with E-state index in [0.29, 0.717) is 11.7 Å². The molecule has 0 aliphatic carbocycles. The third-order valence-electron chi connectivity index (χ3n) is 2.12. The molecule has 0 saturated carbocycles. The van der Waals surface area contributed by atoms with Gasteiger partial charge in [0.05, 0.1) is 21.8 Å². The number of nitrogens with two attached hydrogens (primary N) is 1. The van der Waals surface area contributed by atoms with Gasteiger partial charge in [0.1, 0.15) is 0 Å². The SMILES string of the molecule is CCCS(=O)c1ccc2nc(N)[nH]c2c1. The lowest BCUT2D eigenvalue weighted by Crippen LogP contribution is -1.96. The fraction of sp³-hybridized carbons (Fsp3) is 0.300. The normalized spacial score (nSPS) is 13.1. The van der Waals surface area contributed by atoms with Crippen LogP contribution in [0.15, 0.2) is 23.1 Å². The zero-order valence-corrected chi connectivity index (χ0v) is 9.30. The molecule has 2 rings (SSSR count). The van der Waals surface area contributed by atoms with Gasteiger partial charge in [-0.1, -0.05) is 6.92 Å². The van der Waals surface area contributed by atoms with Crippen molar-refractivity contribution in [2.24, 2.45) is 0 Å². The molecule has 1 atom stereocenters. The van der Waals surface area contributed by atoms with E-state index in [2.05, 4.69) is 9.97 Å².